The van der Waals surface area contributed by atoms with E-state index in [4.69, 9.17) is 4.74 Å². The number of hydrogen-bond donors (Lipinski definition) is 1. The number of aliphatic hydroxyl groups is 1. The van der Waals surface area contributed by atoms with Crippen LogP contribution in [0.5, 0.6) is 0 Å². The molecule has 6 heteroatoms. The number of ether oxygens (including phenoxy) is 1. The average Bonchev–Trinajstić information content (AvgIpc) is 2.89. The minimum absolute atomic E-state index is 0.00783. The first-order valence-corrected chi connectivity index (χ1v) is 8.06. The molecule has 0 aromatic carbocycles. The van der Waals surface area contributed by atoms with Crippen LogP contribution in [0.2, 0.25) is 0 Å². The fourth-order valence-electron chi connectivity index (χ4n) is 2.83. The molecule has 1 saturated heterocycles. The molecular formula is C16H27N3O3. The van der Waals surface area contributed by atoms with Gasteiger partial charge in [0, 0.05) is 13.1 Å². The Hall–Kier alpha value is -1.40. The van der Waals surface area contributed by atoms with Crippen molar-refractivity contribution in [3.63, 3.8) is 0 Å². The minimum Gasteiger partial charge on any atom is -0.394 e. The van der Waals surface area contributed by atoms with Gasteiger partial charge in [-0.15, -0.1) is 0 Å². The van der Waals surface area contributed by atoms with Crippen LogP contribution in [-0.2, 0) is 17.7 Å². The molecule has 2 rings (SSSR count). The number of hydrogen-bond acceptors (Lipinski definition) is 4. The van der Waals surface area contributed by atoms with E-state index in [2.05, 4.69) is 18.9 Å². The zero-order valence-electron chi connectivity index (χ0n) is 14.0. The molecule has 6 nitrogen and oxygen atoms in total. The van der Waals surface area contributed by atoms with Crippen LogP contribution in [0.3, 0.4) is 0 Å². The van der Waals surface area contributed by atoms with Crippen LogP contribution in [0.1, 0.15) is 43.7 Å². The summed E-state index contributed by atoms with van der Waals surface area (Å²) in [6.07, 6.45) is 2.16. The maximum Gasteiger partial charge on any atom is 0.257 e. The highest BCUT2D eigenvalue weighted by atomic mass is 16.5. The van der Waals surface area contributed by atoms with E-state index in [-0.39, 0.29) is 24.7 Å². The molecule has 1 amide bonds. The van der Waals surface area contributed by atoms with Gasteiger partial charge in [0.25, 0.3) is 5.91 Å². The van der Waals surface area contributed by atoms with E-state index in [1.54, 1.807) is 11.1 Å². The van der Waals surface area contributed by atoms with Crippen LogP contribution < -0.4 is 0 Å². The molecule has 1 aliphatic rings. The maximum absolute atomic E-state index is 12.9. The molecule has 1 aliphatic heterocycles. The van der Waals surface area contributed by atoms with Gasteiger partial charge in [-0.2, -0.15) is 5.10 Å². The molecule has 0 radical (unpaired) electrons. The fraction of sp³-hybridized carbons (Fsp3) is 0.750. The van der Waals surface area contributed by atoms with E-state index >= 15 is 0 Å². The number of nitrogens with zero attached hydrogens (tertiary/aromatic N) is 3. The lowest BCUT2D eigenvalue weighted by Gasteiger charge is -2.37. The molecule has 0 bridgehead atoms. The third-order valence-corrected chi connectivity index (χ3v) is 4.02. The molecule has 0 spiro atoms. The van der Waals surface area contributed by atoms with Crippen LogP contribution >= 0.6 is 0 Å². The summed E-state index contributed by atoms with van der Waals surface area (Å²) in [5, 5.41) is 13.7. The van der Waals surface area contributed by atoms with E-state index in [9.17, 15) is 9.90 Å². The van der Waals surface area contributed by atoms with Gasteiger partial charge in [-0.3, -0.25) is 9.48 Å². The highest BCUT2D eigenvalue weighted by Crippen LogP contribution is 2.19. The highest BCUT2D eigenvalue weighted by molar-refractivity contribution is 5.95. The van der Waals surface area contributed by atoms with Crippen molar-refractivity contribution >= 4 is 5.91 Å². The van der Waals surface area contributed by atoms with Crippen molar-refractivity contribution in [3.05, 3.63) is 17.5 Å². The topological polar surface area (TPSA) is 67.6 Å². The van der Waals surface area contributed by atoms with E-state index < -0.39 is 0 Å². The largest absolute Gasteiger partial charge is 0.394 e. The lowest BCUT2D eigenvalue weighted by atomic mass is 10.1. The van der Waals surface area contributed by atoms with Gasteiger partial charge in [-0.05, 0) is 19.3 Å². The molecule has 1 aromatic rings. The Morgan fingerprint density at radius 3 is 2.86 bits per heavy atom. The molecule has 1 aromatic heterocycles. The normalized spacial score (nSPS) is 22.4. The summed E-state index contributed by atoms with van der Waals surface area (Å²) in [6, 6.07) is 0.00783. The Bertz CT molecular complexity index is 513. The molecule has 0 unspecified atom stereocenters. The summed E-state index contributed by atoms with van der Waals surface area (Å²) >= 11 is 0. The number of aliphatic hydroxyl groups excluding tert-OH is 1. The Balaban J connectivity index is 2.23. The Labute approximate surface area is 132 Å². The van der Waals surface area contributed by atoms with E-state index in [1.165, 1.54) is 0 Å². The van der Waals surface area contributed by atoms with E-state index in [0.29, 0.717) is 24.6 Å². The van der Waals surface area contributed by atoms with Gasteiger partial charge in [-0.25, -0.2) is 0 Å². The molecule has 0 aliphatic carbocycles. The van der Waals surface area contributed by atoms with Crippen molar-refractivity contribution in [3.8, 4) is 0 Å². The van der Waals surface area contributed by atoms with Gasteiger partial charge >= 0.3 is 0 Å². The summed E-state index contributed by atoms with van der Waals surface area (Å²) in [6.45, 7) is 9.92. The highest BCUT2D eigenvalue weighted by Gasteiger charge is 2.31. The van der Waals surface area contributed by atoms with Crippen molar-refractivity contribution < 1.29 is 14.6 Å². The third-order valence-electron chi connectivity index (χ3n) is 4.02. The van der Waals surface area contributed by atoms with E-state index in [0.717, 1.165) is 18.7 Å². The monoisotopic (exact) mass is 309 g/mol. The number of rotatable bonds is 5. The minimum atomic E-state index is -0.295. The van der Waals surface area contributed by atoms with Gasteiger partial charge in [0.2, 0.25) is 0 Å². The molecule has 1 fully saturated rings. The fourth-order valence-corrected chi connectivity index (χ4v) is 2.83. The number of aromatic nitrogens is 2. The summed E-state index contributed by atoms with van der Waals surface area (Å²) in [7, 11) is 0. The number of carbonyl (C=O) groups excluding carboxylic acids is 1. The van der Waals surface area contributed by atoms with Crippen LogP contribution in [0.4, 0.5) is 0 Å². The van der Waals surface area contributed by atoms with Gasteiger partial charge in [-0.1, -0.05) is 20.8 Å². The first kappa shape index (κ1) is 17.0. The quantitative estimate of drug-likeness (QED) is 0.891. The van der Waals surface area contributed by atoms with Crippen molar-refractivity contribution in [2.45, 2.75) is 52.8 Å². The van der Waals surface area contributed by atoms with Crippen LogP contribution in [0.25, 0.3) is 0 Å². The van der Waals surface area contributed by atoms with E-state index in [1.807, 2.05) is 18.5 Å². The van der Waals surface area contributed by atoms with Gasteiger partial charge in [0.05, 0.1) is 42.8 Å². The van der Waals surface area contributed by atoms with Crippen molar-refractivity contribution in [1.29, 1.82) is 0 Å². The first-order chi connectivity index (χ1) is 10.5. The van der Waals surface area contributed by atoms with Crippen molar-refractivity contribution in [2.24, 2.45) is 5.92 Å². The van der Waals surface area contributed by atoms with Crippen LogP contribution in [0.15, 0.2) is 6.20 Å². The Kier molecular flexibility index (Phi) is 5.58. The first-order valence-electron chi connectivity index (χ1n) is 8.06. The zero-order chi connectivity index (χ0) is 16.3. The Morgan fingerprint density at radius 2 is 2.27 bits per heavy atom. The van der Waals surface area contributed by atoms with Crippen LogP contribution in [0, 0.1) is 5.92 Å². The summed E-state index contributed by atoms with van der Waals surface area (Å²) in [5.41, 5.74) is 1.66. The summed E-state index contributed by atoms with van der Waals surface area (Å²) in [5.74, 6) is 0.468. The SMILES string of the molecule is CCc1c(C(=O)N2C[C@@H](CO)OC[C@H]2C)cnn1CC(C)C. The Morgan fingerprint density at radius 1 is 1.55 bits per heavy atom. The maximum atomic E-state index is 12.9. The predicted molar refractivity (Wildman–Crippen MR) is 83.8 cm³/mol. The summed E-state index contributed by atoms with van der Waals surface area (Å²) < 4.78 is 7.44. The lowest BCUT2D eigenvalue weighted by Crippen LogP contribution is -2.52. The number of carbonyl (C=O) groups is 1. The second kappa shape index (κ2) is 7.24. The smallest absolute Gasteiger partial charge is 0.257 e. The average molecular weight is 309 g/mol. The van der Waals surface area contributed by atoms with Crippen molar-refractivity contribution in [1.82, 2.24) is 14.7 Å². The standard InChI is InChI=1S/C16H27N3O3/c1-5-15-14(6-17-19(15)7-11(2)3)16(21)18-8-13(9-20)22-10-12(18)4/h6,11-13,20H,5,7-10H2,1-4H3/t12-,13+/m1/s1. The molecule has 0 saturated carbocycles. The van der Waals surface area contributed by atoms with Crippen molar-refractivity contribution in [2.75, 3.05) is 19.8 Å². The lowest BCUT2D eigenvalue weighted by molar-refractivity contribution is -0.0667. The third kappa shape index (κ3) is 3.50. The zero-order valence-corrected chi connectivity index (χ0v) is 14.0. The molecule has 2 heterocycles. The second-order valence-electron chi connectivity index (χ2n) is 6.38. The molecular weight excluding hydrogens is 282 g/mol. The molecule has 1 N–H and O–H groups in total. The molecule has 2 atom stereocenters. The number of morpholine rings is 1. The second-order valence-corrected chi connectivity index (χ2v) is 6.38. The molecule has 22 heavy (non-hydrogen) atoms. The van der Waals surface area contributed by atoms with Gasteiger partial charge in [0.15, 0.2) is 0 Å². The van der Waals surface area contributed by atoms with Gasteiger partial charge < -0.3 is 14.7 Å². The predicted octanol–water partition coefficient (Wildman–Crippen LogP) is 1.32. The van der Waals surface area contributed by atoms with Crippen LogP contribution in [-0.4, -0.2) is 57.6 Å². The van der Waals surface area contributed by atoms with Gasteiger partial charge in [0.1, 0.15) is 0 Å². The summed E-state index contributed by atoms with van der Waals surface area (Å²) in [4.78, 5) is 14.7. The number of amides is 1. The molecule has 124 valence electrons.